The molecule has 0 aliphatic heterocycles. The van der Waals surface area contributed by atoms with Crippen LogP contribution in [0.3, 0.4) is 0 Å². The molecule has 0 radical (unpaired) electrons. The number of anilines is 1. The van der Waals surface area contributed by atoms with E-state index in [4.69, 9.17) is 5.73 Å². The summed E-state index contributed by atoms with van der Waals surface area (Å²) in [5.74, 6) is 0. The third kappa shape index (κ3) is 2.81. The molecule has 126 valence electrons. The molecule has 0 fully saturated rings. The first kappa shape index (κ1) is 16.6. The molecule has 0 saturated heterocycles. The van der Waals surface area contributed by atoms with E-state index in [0.717, 1.165) is 5.69 Å². The molecule has 0 heterocycles. The fraction of sp³-hybridized carbons (Fsp3) is 0. The zero-order valence-corrected chi connectivity index (χ0v) is 15.4. The molecule has 0 saturated carbocycles. The van der Waals surface area contributed by atoms with Crippen molar-refractivity contribution in [2.45, 2.75) is 0 Å². The van der Waals surface area contributed by atoms with Crippen LogP contribution in [0.15, 0.2) is 115 Å². The Kier molecular flexibility index (Phi) is 4.56. The normalized spacial score (nSPS) is 11.2. The first-order valence-electron chi connectivity index (χ1n) is 8.74. The first-order valence-corrected chi connectivity index (χ1v) is 10.5. The van der Waals surface area contributed by atoms with Crippen molar-refractivity contribution in [2.75, 3.05) is 5.73 Å². The molecule has 0 amide bonds. The zero-order valence-electron chi connectivity index (χ0n) is 14.5. The highest BCUT2D eigenvalue weighted by atomic mass is 31.2. The van der Waals surface area contributed by atoms with Crippen LogP contribution in [0, 0.1) is 0 Å². The molecule has 4 aromatic rings. The van der Waals surface area contributed by atoms with Gasteiger partial charge in [0, 0.05) is 11.8 Å². The molecule has 26 heavy (non-hydrogen) atoms. The van der Waals surface area contributed by atoms with Crippen LogP contribution in [0.2, 0.25) is 0 Å². The van der Waals surface area contributed by atoms with Crippen LogP contribution in [-0.2, 0) is 0 Å². The van der Waals surface area contributed by atoms with Crippen LogP contribution in [0.4, 0.5) is 5.69 Å². The quantitative estimate of drug-likeness (QED) is 0.437. The van der Waals surface area contributed by atoms with E-state index in [9.17, 15) is 0 Å². The molecule has 0 aliphatic carbocycles. The van der Waals surface area contributed by atoms with Crippen molar-refractivity contribution in [3.05, 3.63) is 115 Å². The van der Waals surface area contributed by atoms with E-state index in [0.29, 0.717) is 0 Å². The Morgan fingerprint density at radius 1 is 0.423 bits per heavy atom. The van der Waals surface area contributed by atoms with Crippen molar-refractivity contribution in [2.24, 2.45) is 0 Å². The highest BCUT2D eigenvalue weighted by Gasteiger charge is 2.47. The average Bonchev–Trinajstić information content (AvgIpc) is 2.71. The van der Waals surface area contributed by atoms with Crippen LogP contribution >= 0.6 is 7.26 Å². The monoisotopic (exact) mass is 354 g/mol. The van der Waals surface area contributed by atoms with Crippen LogP contribution in [0.25, 0.3) is 0 Å². The van der Waals surface area contributed by atoms with Crippen molar-refractivity contribution in [3.63, 3.8) is 0 Å². The molecule has 2 N–H and O–H groups in total. The maximum Gasteiger partial charge on any atom is 0.144 e. The lowest BCUT2D eigenvalue weighted by atomic mass is 10.3. The molecule has 0 aliphatic rings. The van der Waals surface area contributed by atoms with Gasteiger partial charge < -0.3 is 5.73 Å². The molecule has 1 nitrogen and oxygen atoms in total. The fourth-order valence-corrected chi connectivity index (χ4v) is 7.88. The minimum atomic E-state index is -2.01. The minimum Gasteiger partial charge on any atom is -0.399 e. The van der Waals surface area contributed by atoms with Gasteiger partial charge in [-0.1, -0.05) is 60.7 Å². The Labute approximate surface area is 155 Å². The van der Waals surface area contributed by atoms with E-state index in [1.54, 1.807) is 0 Å². The summed E-state index contributed by atoms with van der Waals surface area (Å²) in [6, 6.07) is 40.9. The second kappa shape index (κ2) is 7.15. The molecular weight excluding hydrogens is 333 g/mol. The second-order valence-electron chi connectivity index (χ2n) is 6.27. The lowest BCUT2D eigenvalue weighted by Crippen LogP contribution is -2.38. The Bertz CT molecular complexity index is 885. The maximum atomic E-state index is 6.21. The standard InChI is InChI=1S/C24H21NP/c25-20-11-10-18-24(19-20)26(21-12-4-1-5-13-21,22-14-6-2-7-15-22)23-16-8-3-9-17-23/h1-19H,25H2/q+1. The molecule has 4 aromatic carbocycles. The minimum absolute atomic E-state index is 0.801. The fourth-order valence-electron chi connectivity index (χ4n) is 3.58. The molecule has 4 rings (SSSR count). The number of nitrogens with two attached hydrogens (primary N) is 1. The smallest absolute Gasteiger partial charge is 0.144 e. The van der Waals surface area contributed by atoms with Gasteiger partial charge in [-0.3, -0.25) is 0 Å². The van der Waals surface area contributed by atoms with Crippen molar-refractivity contribution >= 4 is 34.2 Å². The SMILES string of the molecule is Nc1cccc([P+](c2ccccc2)(c2ccccc2)c2ccccc2)c1. The summed E-state index contributed by atoms with van der Waals surface area (Å²) in [6.45, 7) is 0. The second-order valence-corrected chi connectivity index (χ2v) is 9.68. The summed E-state index contributed by atoms with van der Waals surface area (Å²) in [7, 11) is -2.01. The Hall–Kier alpha value is -2.89. The van der Waals surface area contributed by atoms with Crippen LogP contribution in [-0.4, -0.2) is 0 Å². The van der Waals surface area contributed by atoms with Crippen LogP contribution in [0.1, 0.15) is 0 Å². The maximum absolute atomic E-state index is 6.21. The summed E-state index contributed by atoms with van der Waals surface area (Å²) >= 11 is 0. The van der Waals surface area contributed by atoms with Gasteiger partial charge in [-0.05, 0) is 48.5 Å². The van der Waals surface area contributed by atoms with E-state index in [2.05, 4.69) is 109 Å². The summed E-state index contributed by atoms with van der Waals surface area (Å²) < 4.78 is 0. The highest BCUT2D eigenvalue weighted by Crippen LogP contribution is 2.54. The summed E-state index contributed by atoms with van der Waals surface area (Å²) in [5.41, 5.74) is 7.01. The van der Waals surface area contributed by atoms with E-state index < -0.39 is 7.26 Å². The molecule has 0 unspecified atom stereocenters. The molecule has 0 spiro atoms. The van der Waals surface area contributed by atoms with Gasteiger partial charge in [-0.15, -0.1) is 0 Å². The molecular formula is C24H21NP+. The van der Waals surface area contributed by atoms with E-state index in [-0.39, 0.29) is 0 Å². The number of benzene rings is 4. The third-order valence-corrected chi connectivity index (χ3v) is 8.96. The summed E-state index contributed by atoms with van der Waals surface area (Å²) in [6.07, 6.45) is 0. The first-order chi connectivity index (χ1) is 12.8. The van der Waals surface area contributed by atoms with Gasteiger partial charge in [-0.25, -0.2) is 0 Å². The molecule has 0 aromatic heterocycles. The predicted molar refractivity (Wildman–Crippen MR) is 116 cm³/mol. The molecule has 0 atom stereocenters. The summed E-state index contributed by atoms with van der Waals surface area (Å²) in [5, 5.41) is 5.29. The van der Waals surface area contributed by atoms with Crippen molar-refractivity contribution in [3.8, 4) is 0 Å². The number of hydrogen-bond donors (Lipinski definition) is 1. The Morgan fingerprint density at radius 2 is 0.808 bits per heavy atom. The predicted octanol–water partition coefficient (Wildman–Crippen LogP) is 3.89. The van der Waals surface area contributed by atoms with Crippen molar-refractivity contribution in [1.29, 1.82) is 0 Å². The van der Waals surface area contributed by atoms with Crippen molar-refractivity contribution < 1.29 is 0 Å². The largest absolute Gasteiger partial charge is 0.399 e. The number of nitrogen functional groups attached to an aromatic ring is 1. The molecule has 2 heteroatoms. The Morgan fingerprint density at radius 3 is 1.19 bits per heavy atom. The lowest BCUT2D eigenvalue weighted by molar-refractivity contribution is 1.70. The number of rotatable bonds is 4. The Balaban J connectivity index is 2.14. The van der Waals surface area contributed by atoms with Crippen LogP contribution in [0.5, 0.6) is 0 Å². The van der Waals surface area contributed by atoms with Gasteiger partial charge in [0.1, 0.15) is 28.5 Å². The molecule has 0 bridgehead atoms. The number of hydrogen-bond acceptors (Lipinski definition) is 1. The third-order valence-electron chi connectivity index (χ3n) is 4.69. The topological polar surface area (TPSA) is 26.0 Å². The van der Waals surface area contributed by atoms with Gasteiger partial charge in [0.2, 0.25) is 0 Å². The van der Waals surface area contributed by atoms with E-state index in [1.165, 1.54) is 21.2 Å². The van der Waals surface area contributed by atoms with Gasteiger partial charge in [-0.2, -0.15) is 0 Å². The zero-order chi connectivity index (χ0) is 17.8. The van der Waals surface area contributed by atoms with Gasteiger partial charge in [0.05, 0.1) is 0 Å². The summed E-state index contributed by atoms with van der Waals surface area (Å²) in [4.78, 5) is 0. The average molecular weight is 354 g/mol. The van der Waals surface area contributed by atoms with Gasteiger partial charge in [0.15, 0.2) is 0 Å². The van der Waals surface area contributed by atoms with E-state index >= 15 is 0 Å². The van der Waals surface area contributed by atoms with Crippen molar-refractivity contribution in [1.82, 2.24) is 0 Å². The van der Waals surface area contributed by atoms with Gasteiger partial charge >= 0.3 is 0 Å². The van der Waals surface area contributed by atoms with Gasteiger partial charge in [0.25, 0.3) is 0 Å². The van der Waals surface area contributed by atoms with E-state index in [1.807, 2.05) is 6.07 Å². The highest BCUT2D eigenvalue weighted by molar-refractivity contribution is 8.01. The van der Waals surface area contributed by atoms with Crippen LogP contribution < -0.4 is 27.0 Å². The lowest BCUT2D eigenvalue weighted by Gasteiger charge is -2.27.